The van der Waals surface area contributed by atoms with Gasteiger partial charge in [-0.2, -0.15) is 0 Å². The van der Waals surface area contributed by atoms with Crippen molar-refractivity contribution in [3.8, 4) is 5.75 Å². The number of piperazine rings is 1. The Bertz CT molecular complexity index is 997. The van der Waals surface area contributed by atoms with E-state index >= 15 is 0 Å². The van der Waals surface area contributed by atoms with Crippen molar-refractivity contribution < 1.29 is 27.4 Å². The number of amides is 1. The van der Waals surface area contributed by atoms with Gasteiger partial charge in [-0.3, -0.25) is 9.69 Å². The van der Waals surface area contributed by atoms with Crippen molar-refractivity contribution in [3.63, 3.8) is 0 Å². The van der Waals surface area contributed by atoms with E-state index in [9.17, 15) is 18.0 Å². The van der Waals surface area contributed by atoms with Gasteiger partial charge in [0, 0.05) is 69.8 Å². The Morgan fingerprint density at radius 2 is 1.77 bits per heavy atom. The number of rotatable bonds is 11. The number of methoxy groups -OCH3 is 1. The Balaban J connectivity index is 1.27. The molecular formula is C26H32F3N3O3. The molecule has 4 rings (SSSR count). The molecule has 2 aromatic carbocycles. The smallest absolute Gasteiger partial charge is 0.236 e. The Kier molecular flexibility index (Phi) is 8.64. The van der Waals surface area contributed by atoms with Crippen molar-refractivity contribution in [1.29, 1.82) is 0 Å². The molecular weight excluding hydrogens is 459 g/mol. The summed E-state index contributed by atoms with van der Waals surface area (Å²) in [6.45, 7) is 4.92. The van der Waals surface area contributed by atoms with Crippen LogP contribution in [0, 0.1) is 17.5 Å². The molecule has 2 fully saturated rings. The third-order valence-electron chi connectivity index (χ3n) is 6.63. The quantitative estimate of drug-likeness (QED) is 0.524. The predicted molar refractivity (Wildman–Crippen MR) is 126 cm³/mol. The fourth-order valence-electron chi connectivity index (χ4n) is 4.47. The van der Waals surface area contributed by atoms with Crippen LogP contribution in [-0.4, -0.2) is 81.3 Å². The summed E-state index contributed by atoms with van der Waals surface area (Å²) in [5, 5.41) is 3.24. The maximum Gasteiger partial charge on any atom is 0.236 e. The van der Waals surface area contributed by atoms with Crippen LogP contribution in [0.1, 0.15) is 23.5 Å². The topological polar surface area (TPSA) is 54.0 Å². The van der Waals surface area contributed by atoms with Gasteiger partial charge in [0.05, 0.1) is 19.8 Å². The minimum atomic E-state index is -0.743. The summed E-state index contributed by atoms with van der Waals surface area (Å²) in [4.78, 5) is 16.7. The molecule has 1 N–H and O–H groups in total. The SMILES string of the molecule is COCCN1CCN(C(=O)CNC2CC2c2cc(F)cc(F)c2OCCc2ccc(F)cc2)CC1. The number of nitrogens with one attached hydrogen (secondary N) is 1. The molecule has 1 heterocycles. The molecule has 1 amide bonds. The van der Waals surface area contributed by atoms with E-state index in [2.05, 4.69) is 10.2 Å². The maximum absolute atomic E-state index is 14.6. The molecule has 35 heavy (non-hydrogen) atoms. The van der Waals surface area contributed by atoms with Gasteiger partial charge in [-0.25, -0.2) is 13.2 Å². The van der Waals surface area contributed by atoms with E-state index in [1.807, 2.05) is 4.90 Å². The van der Waals surface area contributed by atoms with E-state index in [0.717, 1.165) is 31.3 Å². The van der Waals surface area contributed by atoms with E-state index in [1.165, 1.54) is 18.2 Å². The molecule has 1 aliphatic carbocycles. The third kappa shape index (κ3) is 6.96. The van der Waals surface area contributed by atoms with Crippen LogP contribution in [0.15, 0.2) is 36.4 Å². The van der Waals surface area contributed by atoms with Crippen molar-refractivity contribution in [1.82, 2.24) is 15.1 Å². The monoisotopic (exact) mass is 491 g/mol. The van der Waals surface area contributed by atoms with E-state index < -0.39 is 11.6 Å². The summed E-state index contributed by atoms with van der Waals surface area (Å²) in [7, 11) is 1.68. The third-order valence-corrected chi connectivity index (χ3v) is 6.63. The Hall–Kier alpha value is -2.62. The number of carbonyl (C=O) groups excluding carboxylic acids is 1. The normalized spacial score (nSPS) is 20.2. The van der Waals surface area contributed by atoms with E-state index in [-0.39, 0.29) is 42.6 Å². The molecule has 1 aliphatic heterocycles. The molecule has 0 spiro atoms. The minimum Gasteiger partial charge on any atom is -0.490 e. The second-order valence-electron chi connectivity index (χ2n) is 9.08. The molecule has 2 aromatic rings. The zero-order valence-electron chi connectivity index (χ0n) is 19.9. The van der Waals surface area contributed by atoms with Gasteiger partial charge >= 0.3 is 0 Å². The molecule has 2 aliphatic rings. The molecule has 2 unspecified atom stereocenters. The van der Waals surface area contributed by atoms with Crippen molar-refractivity contribution in [2.45, 2.75) is 24.8 Å². The molecule has 190 valence electrons. The van der Waals surface area contributed by atoms with Crippen LogP contribution >= 0.6 is 0 Å². The van der Waals surface area contributed by atoms with Crippen LogP contribution in [-0.2, 0) is 16.0 Å². The zero-order chi connectivity index (χ0) is 24.8. The second-order valence-corrected chi connectivity index (χ2v) is 9.08. The highest BCUT2D eigenvalue weighted by Gasteiger charge is 2.41. The molecule has 6 nitrogen and oxygen atoms in total. The number of nitrogens with zero attached hydrogens (tertiary/aromatic N) is 2. The first kappa shape index (κ1) is 25.5. The number of benzene rings is 2. The van der Waals surface area contributed by atoms with Crippen molar-refractivity contribution in [2.24, 2.45) is 0 Å². The number of halogens is 3. The largest absolute Gasteiger partial charge is 0.490 e. The summed E-state index contributed by atoms with van der Waals surface area (Å²) in [6.07, 6.45) is 1.14. The minimum absolute atomic E-state index is 0.0308. The predicted octanol–water partition coefficient (Wildman–Crippen LogP) is 2.96. The van der Waals surface area contributed by atoms with E-state index in [1.54, 1.807) is 19.2 Å². The summed E-state index contributed by atoms with van der Waals surface area (Å²) in [6, 6.07) is 8.12. The van der Waals surface area contributed by atoms with Crippen LogP contribution < -0.4 is 10.1 Å². The fourth-order valence-corrected chi connectivity index (χ4v) is 4.47. The average molecular weight is 492 g/mol. The number of ether oxygens (including phenoxy) is 2. The first-order chi connectivity index (χ1) is 16.9. The second kappa shape index (κ2) is 11.9. The van der Waals surface area contributed by atoms with E-state index in [0.29, 0.717) is 38.1 Å². The summed E-state index contributed by atoms with van der Waals surface area (Å²) in [5.41, 5.74) is 1.33. The number of hydrogen-bond acceptors (Lipinski definition) is 5. The van der Waals surface area contributed by atoms with Crippen LogP contribution in [0.4, 0.5) is 13.2 Å². The summed E-state index contributed by atoms with van der Waals surface area (Å²) >= 11 is 0. The standard InChI is InChI=1S/C26H32F3N3O3/c1-34-13-11-31-7-9-32(10-8-31)25(33)17-30-24-16-21(24)22-14-20(28)15-23(29)26(22)35-12-6-18-2-4-19(27)5-3-18/h2-5,14-15,21,24,30H,6-13,16-17H2,1H3. The van der Waals surface area contributed by atoms with Gasteiger partial charge in [0.25, 0.3) is 0 Å². The summed E-state index contributed by atoms with van der Waals surface area (Å²) in [5.74, 6) is -1.77. The van der Waals surface area contributed by atoms with E-state index in [4.69, 9.17) is 9.47 Å². The Morgan fingerprint density at radius 3 is 2.49 bits per heavy atom. The highest BCUT2D eigenvalue weighted by atomic mass is 19.1. The fraction of sp³-hybridized carbons (Fsp3) is 0.500. The van der Waals surface area contributed by atoms with Gasteiger partial charge < -0.3 is 19.7 Å². The summed E-state index contributed by atoms with van der Waals surface area (Å²) < 4.78 is 52.4. The van der Waals surface area contributed by atoms with Crippen LogP contribution in [0.3, 0.4) is 0 Å². The van der Waals surface area contributed by atoms with Gasteiger partial charge in [-0.15, -0.1) is 0 Å². The maximum atomic E-state index is 14.6. The molecule has 1 saturated heterocycles. The van der Waals surface area contributed by atoms with Crippen LogP contribution in [0.25, 0.3) is 0 Å². The zero-order valence-corrected chi connectivity index (χ0v) is 19.9. The van der Waals surface area contributed by atoms with Gasteiger partial charge in [0.15, 0.2) is 11.6 Å². The molecule has 0 radical (unpaired) electrons. The molecule has 0 aromatic heterocycles. The van der Waals surface area contributed by atoms with Crippen LogP contribution in [0.5, 0.6) is 5.75 Å². The van der Waals surface area contributed by atoms with Gasteiger partial charge in [-0.05, 0) is 30.2 Å². The number of hydrogen-bond donors (Lipinski definition) is 1. The lowest BCUT2D eigenvalue weighted by molar-refractivity contribution is -0.132. The first-order valence-electron chi connectivity index (χ1n) is 12.0. The highest BCUT2D eigenvalue weighted by molar-refractivity contribution is 5.78. The highest BCUT2D eigenvalue weighted by Crippen LogP contribution is 2.46. The molecule has 2 atom stereocenters. The first-order valence-corrected chi connectivity index (χ1v) is 12.0. The lowest BCUT2D eigenvalue weighted by Gasteiger charge is -2.34. The molecule has 1 saturated carbocycles. The van der Waals surface area contributed by atoms with Crippen molar-refractivity contribution in [3.05, 3.63) is 65.0 Å². The Labute approximate surface area is 204 Å². The Morgan fingerprint density at radius 1 is 1.03 bits per heavy atom. The average Bonchev–Trinajstić information content (AvgIpc) is 3.63. The van der Waals surface area contributed by atoms with Gasteiger partial charge in [0.2, 0.25) is 5.91 Å². The lowest BCUT2D eigenvalue weighted by atomic mass is 10.1. The van der Waals surface area contributed by atoms with Gasteiger partial charge in [0.1, 0.15) is 11.6 Å². The molecule has 0 bridgehead atoms. The van der Waals surface area contributed by atoms with Gasteiger partial charge in [-0.1, -0.05) is 12.1 Å². The lowest BCUT2D eigenvalue weighted by Crippen LogP contribution is -2.51. The van der Waals surface area contributed by atoms with Crippen molar-refractivity contribution in [2.75, 3.05) is 59.6 Å². The number of carbonyl (C=O) groups is 1. The van der Waals surface area contributed by atoms with Crippen LogP contribution in [0.2, 0.25) is 0 Å². The van der Waals surface area contributed by atoms with Crippen molar-refractivity contribution >= 4 is 5.91 Å². The molecule has 9 heteroatoms.